The van der Waals surface area contributed by atoms with E-state index in [-0.39, 0.29) is 18.3 Å². The number of hydrogen-bond donors (Lipinski definition) is 0. The minimum atomic E-state index is -0.861. The zero-order valence-electron chi connectivity index (χ0n) is 19.7. The van der Waals surface area contributed by atoms with E-state index in [1.165, 1.54) is 17.3 Å². The first-order valence-corrected chi connectivity index (χ1v) is 12.0. The Balaban J connectivity index is 1.91. The molecular weight excluding hydrogens is 436 g/mol. The molecule has 1 heterocycles. The summed E-state index contributed by atoms with van der Waals surface area (Å²) in [5.41, 5.74) is 4.84. The second kappa shape index (κ2) is 11.2. The molecule has 0 aliphatic rings. The average molecular weight is 467 g/mol. The number of rotatable bonds is 10. The maximum atomic E-state index is 12.7. The summed E-state index contributed by atoms with van der Waals surface area (Å²) in [6.07, 6.45) is 1.91. The van der Waals surface area contributed by atoms with Gasteiger partial charge in [-0.25, -0.2) is 4.68 Å². The van der Waals surface area contributed by atoms with Crippen LogP contribution in [0.3, 0.4) is 0 Å². The van der Waals surface area contributed by atoms with Gasteiger partial charge in [0, 0.05) is 29.5 Å². The standard InChI is InChI=1S/C26H30N2O4S/c1-6-32-26(30)25(24(29)17(2)3)33-16-20-10-11-21(31-5)15-23(20)28-13-12-22(27-28)19-9-7-8-18(4)14-19/h7-15,17,25H,6,16H2,1-5H3. The molecule has 3 aromatic rings. The highest BCUT2D eigenvalue weighted by Crippen LogP contribution is 2.29. The lowest BCUT2D eigenvalue weighted by molar-refractivity contribution is -0.145. The molecule has 3 rings (SSSR count). The van der Waals surface area contributed by atoms with Gasteiger partial charge in [-0.05, 0) is 37.6 Å². The SMILES string of the molecule is CCOC(=O)C(SCc1ccc(OC)cc1-n1ccc(-c2cccc(C)c2)n1)C(=O)C(C)C. The van der Waals surface area contributed by atoms with Crippen LogP contribution in [0.2, 0.25) is 0 Å². The molecule has 1 unspecified atom stereocenters. The molecular formula is C26H30N2O4S. The Morgan fingerprint density at radius 2 is 1.91 bits per heavy atom. The Kier molecular flexibility index (Phi) is 8.33. The molecule has 0 aliphatic carbocycles. The van der Waals surface area contributed by atoms with Crippen LogP contribution in [-0.2, 0) is 20.1 Å². The third-order valence-electron chi connectivity index (χ3n) is 5.18. The van der Waals surface area contributed by atoms with Crippen molar-refractivity contribution in [2.24, 2.45) is 5.92 Å². The van der Waals surface area contributed by atoms with Crippen molar-refractivity contribution in [1.29, 1.82) is 0 Å². The monoisotopic (exact) mass is 466 g/mol. The van der Waals surface area contributed by atoms with Crippen molar-refractivity contribution >= 4 is 23.5 Å². The zero-order valence-corrected chi connectivity index (χ0v) is 20.5. The maximum absolute atomic E-state index is 12.7. The first-order chi connectivity index (χ1) is 15.8. The molecule has 0 amide bonds. The van der Waals surface area contributed by atoms with Crippen LogP contribution in [0.1, 0.15) is 31.9 Å². The fourth-order valence-corrected chi connectivity index (χ4v) is 4.61. The summed E-state index contributed by atoms with van der Waals surface area (Å²) < 4.78 is 12.4. The number of aromatic nitrogens is 2. The number of Topliss-reactive ketones (excluding diaryl/α,β-unsaturated/α-hetero) is 1. The van der Waals surface area contributed by atoms with Gasteiger partial charge in [0.05, 0.1) is 25.1 Å². The van der Waals surface area contributed by atoms with Crippen LogP contribution in [-0.4, -0.2) is 40.5 Å². The van der Waals surface area contributed by atoms with Gasteiger partial charge in [0.15, 0.2) is 11.0 Å². The van der Waals surface area contributed by atoms with Crippen molar-refractivity contribution in [1.82, 2.24) is 9.78 Å². The van der Waals surface area contributed by atoms with E-state index in [0.29, 0.717) is 11.5 Å². The number of methoxy groups -OCH3 is 1. The molecule has 6 nitrogen and oxygen atoms in total. The molecule has 0 radical (unpaired) electrons. The summed E-state index contributed by atoms with van der Waals surface area (Å²) in [5.74, 6) is 0.268. The molecule has 0 aliphatic heterocycles. The van der Waals surface area contributed by atoms with Crippen molar-refractivity contribution in [3.63, 3.8) is 0 Å². The molecule has 33 heavy (non-hydrogen) atoms. The van der Waals surface area contributed by atoms with Gasteiger partial charge in [-0.3, -0.25) is 9.59 Å². The van der Waals surface area contributed by atoms with Gasteiger partial charge in [0.2, 0.25) is 0 Å². The highest BCUT2D eigenvalue weighted by Gasteiger charge is 2.30. The van der Waals surface area contributed by atoms with E-state index in [1.54, 1.807) is 32.6 Å². The number of nitrogens with zero attached hydrogens (tertiary/aromatic N) is 2. The molecule has 0 bridgehead atoms. The van der Waals surface area contributed by atoms with Crippen molar-refractivity contribution in [2.45, 2.75) is 38.7 Å². The number of benzene rings is 2. The Hall–Kier alpha value is -3.06. The van der Waals surface area contributed by atoms with E-state index < -0.39 is 11.2 Å². The normalized spacial score (nSPS) is 11.9. The number of ether oxygens (including phenoxy) is 2. The molecule has 7 heteroatoms. The van der Waals surface area contributed by atoms with Crippen LogP contribution in [0.4, 0.5) is 0 Å². The van der Waals surface area contributed by atoms with Crippen molar-refractivity contribution in [3.8, 4) is 22.7 Å². The number of carbonyl (C=O) groups excluding carboxylic acids is 2. The highest BCUT2D eigenvalue weighted by molar-refractivity contribution is 8.00. The molecule has 174 valence electrons. The molecule has 0 saturated carbocycles. The van der Waals surface area contributed by atoms with Crippen molar-refractivity contribution in [2.75, 3.05) is 13.7 Å². The summed E-state index contributed by atoms with van der Waals surface area (Å²) in [6.45, 7) is 7.62. The molecule has 1 atom stereocenters. The van der Waals surface area contributed by atoms with Crippen LogP contribution in [0.25, 0.3) is 16.9 Å². The molecule has 0 N–H and O–H groups in total. The minimum absolute atomic E-state index is 0.130. The third-order valence-corrected chi connectivity index (χ3v) is 6.41. The van der Waals surface area contributed by atoms with E-state index in [0.717, 1.165) is 22.5 Å². The van der Waals surface area contributed by atoms with Gasteiger partial charge in [0.25, 0.3) is 0 Å². The highest BCUT2D eigenvalue weighted by atomic mass is 32.2. The number of carbonyl (C=O) groups is 2. The van der Waals surface area contributed by atoms with E-state index in [9.17, 15) is 9.59 Å². The Morgan fingerprint density at radius 3 is 2.58 bits per heavy atom. The minimum Gasteiger partial charge on any atom is -0.497 e. The summed E-state index contributed by atoms with van der Waals surface area (Å²) in [6, 6.07) is 15.9. The topological polar surface area (TPSA) is 70.4 Å². The first-order valence-electron chi connectivity index (χ1n) is 11.0. The molecule has 0 saturated heterocycles. The second-order valence-corrected chi connectivity index (χ2v) is 9.10. The Bertz CT molecular complexity index is 1120. The number of thioether (sulfide) groups is 1. The Morgan fingerprint density at radius 1 is 1.12 bits per heavy atom. The average Bonchev–Trinajstić information content (AvgIpc) is 3.29. The molecule has 0 spiro atoms. The largest absolute Gasteiger partial charge is 0.497 e. The second-order valence-electron chi connectivity index (χ2n) is 8.01. The van der Waals surface area contributed by atoms with Gasteiger partial charge in [-0.15, -0.1) is 11.8 Å². The van der Waals surface area contributed by atoms with Crippen LogP contribution in [0.15, 0.2) is 54.7 Å². The summed E-state index contributed by atoms with van der Waals surface area (Å²) in [7, 11) is 1.62. The van der Waals surface area contributed by atoms with Crippen LogP contribution >= 0.6 is 11.8 Å². The zero-order chi connectivity index (χ0) is 24.0. The maximum Gasteiger partial charge on any atom is 0.326 e. The lowest BCUT2D eigenvalue weighted by atomic mass is 10.1. The van der Waals surface area contributed by atoms with Gasteiger partial charge < -0.3 is 9.47 Å². The number of esters is 1. The van der Waals surface area contributed by atoms with Crippen LogP contribution < -0.4 is 4.74 Å². The summed E-state index contributed by atoms with van der Waals surface area (Å²) >= 11 is 1.28. The van der Waals surface area contributed by atoms with Gasteiger partial charge in [-0.2, -0.15) is 5.10 Å². The number of aryl methyl sites for hydroxylation is 1. The van der Waals surface area contributed by atoms with Crippen molar-refractivity contribution in [3.05, 3.63) is 65.9 Å². The predicted octanol–water partition coefficient (Wildman–Crippen LogP) is 5.25. The third kappa shape index (κ3) is 6.05. The fourth-order valence-electron chi connectivity index (χ4n) is 3.38. The first kappa shape index (κ1) is 24.6. The molecule has 1 aromatic heterocycles. The number of hydrogen-bond acceptors (Lipinski definition) is 6. The van der Waals surface area contributed by atoms with Gasteiger partial charge >= 0.3 is 5.97 Å². The summed E-state index contributed by atoms with van der Waals surface area (Å²) in [4.78, 5) is 25.1. The smallest absolute Gasteiger partial charge is 0.326 e. The van der Waals surface area contributed by atoms with E-state index in [1.807, 2.05) is 42.6 Å². The van der Waals surface area contributed by atoms with Gasteiger partial charge in [0.1, 0.15) is 5.75 Å². The van der Waals surface area contributed by atoms with E-state index >= 15 is 0 Å². The quantitative estimate of drug-likeness (QED) is 0.300. The molecule has 2 aromatic carbocycles. The van der Waals surface area contributed by atoms with Crippen molar-refractivity contribution < 1.29 is 19.1 Å². The van der Waals surface area contributed by atoms with Gasteiger partial charge in [-0.1, -0.05) is 43.7 Å². The fraction of sp³-hybridized carbons (Fsp3) is 0.346. The van der Waals surface area contributed by atoms with Crippen LogP contribution in [0.5, 0.6) is 5.75 Å². The molecule has 0 fully saturated rings. The number of ketones is 1. The lowest BCUT2D eigenvalue weighted by Gasteiger charge is -2.17. The van der Waals surface area contributed by atoms with E-state index in [2.05, 4.69) is 19.1 Å². The van der Waals surface area contributed by atoms with E-state index in [4.69, 9.17) is 14.6 Å². The lowest BCUT2D eigenvalue weighted by Crippen LogP contribution is -2.32. The summed E-state index contributed by atoms with van der Waals surface area (Å²) in [5, 5.41) is 3.92. The Labute approximate surface area is 199 Å². The predicted molar refractivity (Wildman–Crippen MR) is 132 cm³/mol. The van der Waals surface area contributed by atoms with Crippen LogP contribution in [0, 0.1) is 12.8 Å².